The van der Waals surface area contributed by atoms with E-state index in [4.69, 9.17) is 4.74 Å². The zero-order valence-electron chi connectivity index (χ0n) is 14.9. The van der Waals surface area contributed by atoms with Crippen molar-refractivity contribution in [3.05, 3.63) is 58.5 Å². The number of carbonyl (C=O) groups excluding carboxylic acids is 1. The normalized spacial score (nSPS) is 18.4. The first-order valence-electron chi connectivity index (χ1n) is 8.77. The van der Waals surface area contributed by atoms with Crippen LogP contribution >= 0.6 is 0 Å². The Bertz CT molecular complexity index is 890. The molecule has 2 aromatic rings. The maximum Gasteiger partial charge on any atom is 0.363 e. The van der Waals surface area contributed by atoms with Gasteiger partial charge < -0.3 is 9.64 Å². The van der Waals surface area contributed by atoms with Crippen LogP contribution in [0.5, 0.6) is 0 Å². The number of carbonyl (C=O) groups is 1. The van der Waals surface area contributed by atoms with Crippen molar-refractivity contribution < 1.29 is 9.53 Å². The minimum Gasteiger partial charge on any atom is -0.402 e. The monoisotopic (exact) mass is 348 g/mol. The van der Waals surface area contributed by atoms with Crippen LogP contribution in [0, 0.1) is 13.8 Å². The Morgan fingerprint density at radius 3 is 2.35 bits per heavy atom. The Balaban J connectivity index is 1.58. The van der Waals surface area contributed by atoms with Crippen LogP contribution < -0.4 is 4.90 Å². The van der Waals surface area contributed by atoms with Crippen LogP contribution in [0.2, 0.25) is 0 Å². The lowest BCUT2D eigenvalue weighted by Gasteiger charge is -2.14. The van der Waals surface area contributed by atoms with Crippen molar-refractivity contribution in [3.8, 4) is 0 Å². The van der Waals surface area contributed by atoms with E-state index in [1.807, 2.05) is 26.0 Å². The Kier molecular flexibility index (Phi) is 4.24. The van der Waals surface area contributed by atoms with Crippen LogP contribution in [0.25, 0.3) is 6.08 Å². The Labute approximate surface area is 152 Å². The Hall–Kier alpha value is -3.02. The largest absolute Gasteiger partial charge is 0.402 e. The zero-order chi connectivity index (χ0) is 18.1. The molecule has 2 aliphatic heterocycles. The summed E-state index contributed by atoms with van der Waals surface area (Å²) in [5.74, 6) is 0.614. The minimum atomic E-state index is -0.456. The van der Waals surface area contributed by atoms with E-state index in [0.29, 0.717) is 5.90 Å². The molecule has 2 aliphatic rings. The minimum absolute atomic E-state index is 0.261. The number of anilines is 1. The first kappa shape index (κ1) is 16.4. The van der Waals surface area contributed by atoms with Gasteiger partial charge in [0.25, 0.3) is 0 Å². The summed E-state index contributed by atoms with van der Waals surface area (Å²) in [4.78, 5) is 27.5. The van der Waals surface area contributed by atoms with E-state index >= 15 is 0 Å². The number of hydrogen-bond acceptors (Lipinski definition) is 6. The number of hydrogen-bond donors (Lipinski definition) is 0. The summed E-state index contributed by atoms with van der Waals surface area (Å²) in [5, 5.41) is 0. The molecule has 0 aliphatic carbocycles. The van der Waals surface area contributed by atoms with Gasteiger partial charge in [0, 0.05) is 36.6 Å². The van der Waals surface area contributed by atoms with Gasteiger partial charge in [-0.2, -0.15) is 0 Å². The average molecular weight is 348 g/mol. The van der Waals surface area contributed by atoms with Crippen LogP contribution in [0.4, 0.5) is 5.95 Å². The molecule has 0 N–H and O–H groups in total. The number of aryl methyl sites for hydroxylation is 2. The lowest BCUT2D eigenvalue weighted by molar-refractivity contribution is -0.129. The highest BCUT2D eigenvalue weighted by atomic mass is 16.6. The summed E-state index contributed by atoms with van der Waals surface area (Å²) in [6.45, 7) is 6.00. The molecular weight excluding hydrogens is 328 g/mol. The van der Waals surface area contributed by atoms with E-state index in [1.165, 1.54) is 12.8 Å². The van der Waals surface area contributed by atoms with Gasteiger partial charge in [-0.15, -0.1) is 0 Å². The highest BCUT2D eigenvalue weighted by Crippen LogP contribution is 2.21. The molecule has 0 spiro atoms. The second-order valence-electron chi connectivity index (χ2n) is 6.72. The summed E-state index contributed by atoms with van der Waals surface area (Å²) in [6, 6.07) is 5.98. The lowest BCUT2D eigenvalue weighted by Crippen LogP contribution is -2.20. The van der Waals surface area contributed by atoms with E-state index in [-0.39, 0.29) is 5.70 Å². The average Bonchev–Trinajstić information content (AvgIpc) is 3.25. The Morgan fingerprint density at radius 2 is 1.69 bits per heavy atom. The van der Waals surface area contributed by atoms with Gasteiger partial charge in [0.2, 0.25) is 11.8 Å². The highest BCUT2D eigenvalue weighted by molar-refractivity contribution is 6.12. The van der Waals surface area contributed by atoms with Crippen molar-refractivity contribution in [1.29, 1.82) is 0 Å². The molecule has 4 rings (SSSR count). The number of nitrogens with zero attached hydrogens (tertiary/aromatic N) is 4. The number of ether oxygens (including phenoxy) is 1. The molecule has 0 amide bonds. The summed E-state index contributed by atoms with van der Waals surface area (Å²) in [7, 11) is 0. The van der Waals surface area contributed by atoms with Crippen LogP contribution in [-0.2, 0) is 9.53 Å². The van der Waals surface area contributed by atoms with Crippen molar-refractivity contribution in [3.63, 3.8) is 0 Å². The first-order valence-corrected chi connectivity index (χ1v) is 8.77. The molecule has 3 heterocycles. The van der Waals surface area contributed by atoms with Gasteiger partial charge in [0.05, 0.1) is 0 Å². The molecule has 6 nitrogen and oxygen atoms in total. The molecule has 1 aromatic heterocycles. The molecule has 6 heteroatoms. The fourth-order valence-electron chi connectivity index (χ4n) is 3.27. The van der Waals surface area contributed by atoms with E-state index < -0.39 is 5.97 Å². The van der Waals surface area contributed by atoms with Crippen molar-refractivity contribution in [2.45, 2.75) is 26.7 Å². The quantitative estimate of drug-likeness (QED) is 0.630. The standard InChI is InChI=1S/C20H20N4O2/c1-13-7-14(2)9-16(8-13)18-23-17(19(25)26-18)10-15-11-21-20(22-12-15)24-5-3-4-6-24/h7-12H,3-6H2,1-2H3/b17-10-. The van der Waals surface area contributed by atoms with Crippen molar-refractivity contribution in [1.82, 2.24) is 9.97 Å². The predicted molar refractivity (Wildman–Crippen MR) is 100 cm³/mol. The number of benzene rings is 1. The van der Waals surface area contributed by atoms with E-state index in [2.05, 4.69) is 25.9 Å². The fourth-order valence-corrected chi connectivity index (χ4v) is 3.27. The summed E-state index contributed by atoms with van der Waals surface area (Å²) >= 11 is 0. The van der Waals surface area contributed by atoms with E-state index in [0.717, 1.165) is 41.3 Å². The third kappa shape index (κ3) is 3.35. The topological polar surface area (TPSA) is 67.7 Å². The van der Waals surface area contributed by atoms with Gasteiger partial charge in [-0.05, 0) is 44.9 Å². The van der Waals surface area contributed by atoms with Crippen LogP contribution in [0.15, 0.2) is 41.3 Å². The number of aromatic nitrogens is 2. The summed E-state index contributed by atoms with van der Waals surface area (Å²) in [6.07, 6.45) is 7.44. The van der Waals surface area contributed by atoms with Crippen molar-refractivity contribution >= 4 is 23.9 Å². The predicted octanol–water partition coefficient (Wildman–Crippen LogP) is 3.04. The SMILES string of the molecule is Cc1cc(C)cc(C2=N/C(=C\c3cnc(N4CCCC4)nc3)C(=O)O2)c1. The molecule has 1 fully saturated rings. The van der Waals surface area contributed by atoms with Crippen LogP contribution in [0.1, 0.15) is 35.1 Å². The summed E-state index contributed by atoms with van der Waals surface area (Å²) < 4.78 is 5.34. The molecular formula is C20H20N4O2. The number of cyclic esters (lactones) is 1. The number of aliphatic imine (C=N–C) groups is 1. The number of rotatable bonds is 3. The second-order valence-corrected chi connectivity index (χ2v) is 6.72. The molecule has 132 valence electrons. The third-order valence-electron chi connectivity index (χ3n) is 4.44. The first-order chi connectivity index (χ1) is 12.6. The molecule has 0 radical (unpaired) electrons. The molecule has 0 saturated carbocycles. The second kappa shape index (κ2) is 6.71. The Morgan fingerprint density at radius 1 is 1.04 bits per heavy atom. The highest BCUT2D eigenvalue weighted by Gasteiger charge is 2.24. The smallest absolute Gasteiger partial charge is 0.363 e. The zero-order valence-corrected chi connectivity index (χ0v) is 14.9. The molecule has 1 saturated heterocycles. The third-order valence-corrected chi connectivity index (χ3v) is 4.44. The van der Waals surface area contributed by atoms with E-state index in [1.54, 1.807) is 18.5 Å². The fraction of sp³-hybridized carbons (Fsp3) is 0.300. The molecule has 0 bridgehead atoms. The van der Waals surface area contributed by atoms with Gasteiger partial charge in [-0.3, -0.25) is 0 Å². The molecule has 0 atom stereocenters. The lowest BCUT2D eigenvalue weighted by atomic mass is 10.1. The van der Waals surface area contributed by atoms with E-state index in [9.17, 15) is 4.79 Å². The van der Waals surface area contributed by atoms with Gasteiger partial charge in [0.1, 0.15) is 0 Å². The van der Waals surface area contributed by atoms with Gasteiger partial charge in [-0.25, -0.2) is 19.8 Å². The van der Waals surface area contributed by atoms with Gasteiger partial charge >= 0.3 is 5.97 Å². The maximum absolute atomic E-state index is 12.2. The maximum atomic E-state index is 12.2. The molecule has 0 unspecified atom stereocenters. The molecule has 26 heavy (non-hydrogen) atoms. The molecule has 1 aromatic carbocycles. The van der Waals surface area contributed by atoms with Crippen LogP contribution in [-0.4, -0.2) is 34.9 Å². The van der Waals surface area contributed by atoms with Gasteiger partial charge in [-0.1, -0.05) is 17.2 Å². The number of esters is 1. The van der Waals surface area contributed by atoms with Crippen LogP contribution in [0.3, 0.4) is 0 Å². The summed E-state index contributed by atoms with van der Waals surface area (Å²) in [5.41, 5.74) is 3.99. The van der Waals surface area contributed by atoms with Gasteiger partial charge in [0.15, 0.2) is 5.70 Å². The van der Waals surface area contributed by atoms with Crippen molar-refractivity contribution in [2.24, 2.45) is 4.99 Å². The van der Waals surface area contributed by atoms with Crippen molar-refractivity contribution in [2.75, 3.05) is 18.0 Å².